The minimum atomic E-state index is -4.34. The first kappa shape index (κ1) is 22.0. The van der Waals surface area contributed by atoms with Crippen molar-refractivity contribution in [1.82, 2.24) is 5.32 Å². The molecule has 2 aromatic carbocycles. The van der Waals surface area contributed by atoms with Gasteiger partial charge in [0, 0.05) is 30.4 Å². The number of hydrogen-bond acceptors (Lipinski definition) is 4. The average molecular weight is 422 g/mol. The topological polar surface area (TPSA) is 50.8 Å². The van der Waals surface area contributed by atoms with Crippen LogP contribution in [-0.4, -0.2) is 44.9 Å². The number of piperidine rings is 1. The van der Waals surface area contributed by atoms with Crippen LogP contribution in [0.4, 0.5) is 18.9 Å². The van der Waals surface area contributed by atoms with Crippen LogP contribution in [0.5, 0.6) is 5.75 Å². The van der Waals surface area contributed by atoms with Crippen molar-refractivity contribution in [3.8, 4) is 5.75 Å². The largest absolute Gasteiger partial charge is 0.497 e. The van der Waals surface area contributed by atoms with Crippen LogP contribution in [-0.2, 0) is 11.3 Å². The Morgan fingerprint density at radius 1 is 1.07 bits per heavy atom. The van der Waals surface area contributed by atoms with Crippen molar-refractivity contribution in [3.63, 3.8) is 0 Å². The van der Waals surface area contributed by atoms with Crippen LogP contribution in [0.1, 0.15) is 28.8 Å². The van der Waals surface area contributed by atoms with Gasteiger partial charge in [0.1, 0.15) is 12.4 Å². The smallest absolute Gasteiger partial charge is 0.411 e. The van der Waals surface area contributed by atoms with E-state index in [2.05, 4.69) is 15.0 Å². The second kappa shape index (κ2) is 9.84. The van der Waals surface area contributed by atoms with Gasteiger partial charge in [-0.25, -0.2) is 0 Å². The molecule has 3 rings (SSSR count). The number of carbonyl (C=O) groups is 1. The molecule has 0 aromatic heterocycles. The van der Waals surface area contributed by atoms with Crippen LogP contribution in [0.3, 0.4) is 0 Å². The Morgan fingerprint density at radius 2 is 1.70 bits per heavy atom. The fourth-order valence-electron chi connectivity index (χ4n) is 3.38. The van der Waals surface area contributed by atoms with Crippen molar-refractivity contribution in [2.75, 3.05) is 31.7 Å². The van der Waals surface area contributed by atoms with E-state index in [-0.39, 0.29) is 18.6 Å². The summed E-state index contributed by atoms with van der Waals surface area (Å²) in [4.78, 5) is 14.7. The molecule has 30 heavy (non-hydrogen) atoms. The highest BCUT2D eigenvalue weighted by atomic mass is 19.4. The van der Waals surface area contributed by atoms with Gasteiger partial charge in [0.05, 0.1) is 13.7 Å². The monoisotopic (exact) mass is 422 g/mol. The predicted molar refractivity (Wildman–Crippen MR) is 108 cm³/mol. The zero-order valence-corrected chi connectivity index (χ0v) is 16.7. The van der Waals surface area contributed by atoms with E-state index < -0.39 is 12.8 Å². The third-order valence-electron chi connectivity index (χ3n) is 5.02. The van der Waals surface area contributed by atoms with E-state index in [1.165, 1.54) is 0 Å². The molecule has 0 bridgehead atoms. The van der Waals surface area contributed by atoms with E-state index >= 15 is 0 Å². The molecule has 0 unspecified atom stereocenters. The van der Waals surface area contributed by atoms with Gasteiger partial charge in [-0.05, 0) is 54.8 Å². The number of carbonyl (C=O) groups excluding carboxylic acids is 1. The van der Waals surface area contributed by atoms with E-state index in [9.17, 15) is 18.0 Å². The summed E-state index contributed by atoms with van der Waals surface area (Å²) in [6, 6.07) is 14.4. The van der Waals surface area contributed by atoms with Gasteiger partial charge in [0.15, 0.2) is 0 Å². The average Bonchev–Trinajstić information content (AvgIpc) is 2.74. The van der Waals surface area contributed by atoms with E-state index in [1.54, 1.807) is 31.4 Å². The molecule has 1 fully saturated rings. The first-order valence-corrected chi connectivity index (χ1v) is 9.77. The predicted octanol–water partition coefficient (Wildman–Crippen LogP) is 4.17. The molecule has 5 nitrogen and oxygen atoms in total. The zero-order valence-electron chi connectivity index (χ0n) is 16.7. The van der Waals surface area contributed by atoms with Gasteiger partial charge in [-0.1, -0.05) is 12.1 Å². The Bertz CT molecular complexity index is 815. The molecule has 0 atom stereocenters. The molecule has 1 amide bonds. The molecule has 0 radical (unpaired) electrons. The van der Waals surface area contributed by atoms with Gasteiger partial charge in [-0.3, -0.25) is 4.79 Å². The number of alkyl halides is 3. The van der Waals surface area contributed by atoms with Crippen LogP contribution in [0, 0.1) is 0 Å². The normalized spacial score (nSPS) is 15.1. The summed E-state index contributed by atoms with van der Waals surface area (Å²) in [6.07, 6.45) is -2.68. The van der Waals surface area contributed by atoms with Crippen LogP contribution in [0.15, 0.2) is 48.5 Å². The molecular formula is C22H25F3N2O3. The Kier molecular flexibility index (Phi) is 7.20. The minimum Gasteiger partial charge on any atom is -0.497 e. The maximum absolute atomic E-state index is 12.5. The van der Waals surface area contributed by atoms with Crippen molar-refractivity contribution in [2.45, 2.75) is 31.7 Å². The maximum Gasteiger partial charge on any atom is 0.411 e. The number of hydrogen-bond donors (Lipinski definition) is 1. The standard InChI is InChI=1S/C22H25F3N2O3/c1-29-20-8-6-19(7-9-20)27-12-10-18(11-13-27)26-21(28)17-4-2-16(3-5-17)14-30-15-22(23,24)25/h2-9,18H,10-15H2,1H3,(H,26,28). The second-order valence-corrected chi connectivity index (χ2v) is 7.24. The zero-order chi connectivity index (χ0) is 21.6. The van der Waals surface area contributed by atoms with E-state index in [4.69, 9.17) is 4.74 Å². The van der Waals surface area contributed by atoms with Crippen LogP contribution < -0.4 is 15.0 Å². The first-order valence-electron chi connectivity index (χ1n) is 9.77. The fourth-order valence-corrected chi connectivity index (χ4v) is 3.38. The number of methoxy groups -OCH3 is 1. The van der Waals surface area contributed by atoms with E-state index in [0.717, 1.165) is 37.4 Å². The van der Waals surface area contributed by atoms with Crippen molar-refractivity contribution >= 4 is 11.6 Å². The number of nitrogens with one attached hydrogen (secondary N) is 1. The lowest BCUT2D eigenvalue weighted by molar-refractivity contribution is -0.176. The summed E-state index contributed by atoms with van der Waals surface area (Å²) in [5.74, 6) is 0.638. The van der Waals surface area contributed by atoms with E-state index in [1.807, 2.05) is 24.3 Å². The van der Waals surface area contributed by atoms with E-state index in [0.29, 0.717) is 11.1 Å². The number of anilines is 1. The Hall–Kier alpha value is -2.74. The second-order valence-electron chi connectivity index (χ2n) is 7.24. The van der Waals surface area contributed by atoms with Crippen LogP contribution in [0.2, 0.25) is 0 Å². The number of ether oxygens (including phenoxy) is 2. The molecule has 162 valence electrons. The van der Waals surface area contributed by atoms with Crippen molar-refractivity contribution in [3.05, 3.63) is 59.7 Å². The Labute approximate surface area is 173 Å². The fraction of sp³-hybridized carbons (Fsp3) is 0.409. The molecule has 0 spiro atoms. The molecule has 1 heterocycles. The quantitative estimate of drug-likeness (QED) is 0.728. The van der Waals surface area contributed by atoms with Gasteiger partial charge in [0.2, 0.25) is 0 Å². The van der Waals surface area contributed by atoms with Crippen molar-refractivity contribution < 1.29 is 27.4 Å². The number of benzene rings is 2. The minimum absolute atomic E-state index is 0.0850. The summed E-state index contributed by atoms with van der Waals surface area (Å²) in [6.45, 7) is 0.245. The molecule has 2 aromatic rings. The molecule has 1 aliphatic heterocycles. The van der Waals surface area contributed by atoms with Gasteiger partial charge in [-0.2, -0.15) is 13.2 Å². The molecule has 8 heteroatoms. The lowest BCUT2D eigenvalue weighted by Crippen LogP contribution is -2.44. The number of nitrogens with zero attached hydrogens (tertiary/aromatic N) is 1. The highest BCUT2D eigenvalue weighted by Gasteiger charge is 2.27. The lowest BCUT2D eigenvalue weighted by atomic mass is 10.0. The molecule has 0 aliphatic carbocycles. The summed E-state index contributed by atoms with van der Waals surface area (Å²) in [5, 5.41) is 3.04. The summed E-state index contributed by atoms with van der Waals surface area (Å²) >= 11 is 0. The summed E-state index contributed by atoms with van der Waals surface area (Å²) < 4.78 is 46.2. The van der Waals surface area contributed by atoms with Crippen molar-refractivity contribution in [1.29, 1.82) is 0 Å². The highest BCUT2D eigenvalue weighted by molar-refractivity contribution is 5.94. The Balaban J connectivity index is 1.45. The summed E-state index contributed by atoms with van der Waals surface area (Å²) in [7, 11) is 1.64. The SMILES string of the molecule is COc1ccc(N2CCC(NC(=O)c3ccc(COCC(F)(F)F)cc3)CC2)cc1. The van der Waals surface area contributed by atoms with Gasteiger partial charge in [0.25, 0.3) is 5.91 Å². The number of halogens is 3. The molecule has 1 N–H and O–H groups in total. The molecular weight excluding hydrogens is 397 g/mol. The number of rotatable bonds is 7. The molecule has 1 saturated heterocycles. The van der Waals surface area contributed by atoms with Gasteiger partial charge < -0.3 is 19.7 Å². The lowest BCUT2D eigenvalue weighted by Gasteiger charge is -2.34. The number of amides is 1. The van der Waals surface area contributed by atoms with Gasteiger partial charge in [-0.15, -0.1) is 0 Å². The molecule has 1 aliphatic rings. The van der Waals surface area contributed by atoms with Crippen LogP contribution in [0.25, 0.3) is 0 Å². The molecule has 0 saturated carbocycles. The Morgan fingerprint density at radius 3 is 2.27 bits per heavy atom. The van der Waals surface area contributed by atoms with Crippen molar-refractivity contribution in [2.24, 2.45) is 0 Å². The highest BCUT2D eigenvalue weighted by Crippen LogP contribution is 2.23. The third-order valence-corrected chi connectivity index (χ3v) is 5.02. The summed E-state index contributed by atoms with van der Waals surface area (Å²) in [5.41, 5.74) is 2.19. The van der Waals surface area contributed by atoms with Gasteiger partial charge >= 0.3 is 6.18 Å². The third kappa shape index (κ3) is 6.38. The maximum atomic E-state index is 12.5. The van der Waals surface area contributed by atoms with Crippen LogP contribution >= 0.6 is 0 Å². The first-order chi connectivity index (χ1) is 14.3.